The van der Waals surface area contributed by atoms with E-state index in [0.29, 0.717) is 34.4 Å². The number of amides is 2. The minimum absolute atomic E-state index is 0.0662. The van der Waals surface area contributed by atoms with Crippen LogP contribution in [0.4, 0.5) is 5.13 Å². The predicted molar refractivity (Wildman–Crippen MR) is 90.0 cm³/mol. The first kappa shape index (κ1) is 17.2. The molecule has 3 N–H and O–H groups in total. The fraction of sp³-hybridized carbons (Fsp3) is 0.267. The number of nitrogens with two attached hydrogens (primary N) is 1. The second kappa shape index (κ2) is 7.94. The summed E-state index contributed by atoms with van der Waals surface area (Å²) >= 11 is 7.31. The van der Waals surface area contributed by atoms with Crippen molar-refractivity contribution in [3.63, 3.8) is 0 Å². The highest BCUT2D eigenvalue weighted by Gasteiger charge is 2.09. The molecule has 0 fully saturated rings. The summed E-state index contributed by atoms with van der Waals surface area (Å²) in [6, 6.07) is 5.42. The van der Waals surface area contributed by atoms with E-state index in [1.807, 2.05) is 6.07 Å². The van der Waals surface area contributed by atoms with Crippen molar-refractivity contribution in [2.45, 2.75) is 19.3 Å². The fourth-order valence-corrected chi connectivity index (χ4v) is 2.94. The van der Waals surface area contributed by atoms with Gasteiger partial charge in [-0.15, -0.1) is 11.3 Å². The van der Waals surface area contributed by atoms with Crippen molar-refractivity contribution in [3.05, 3.63) is 39.9 Å². The van der Waals surface area contributed by atoms with E-state index in [2.05, 4.69) is 10.3 Å². The number of halogens is 1. The number of ether oxygens (including phenoxy) is 1. The first-order valence-electron chi connectivity index (χ1n) is 6.83. The lowest BCUT2D eigenvalue weighted by Crippen LogP contribution is -2.14. The third-order valence-corrected chi connectivity index (χ3v) is 4.11. The fourth-order valence-electron chi connectivity index (χ4n) is 1.93. The standard InChI is InChI=1S/C15H16ClN3O3S/c1-22-12-4-2-9(6-11(12)16)3-5-14(21)19-15-18-10(8-23-15)7-13(17)20/h2,4,6,8H,3,5,7H2,1H3,(H2,17,20)(H,18,19,21). The number of rotatable bonds is 7. The second-order valence-corrected chi connectivity index (χ2v) is 6.07. The molecule has 1 aromatic carbocycles. The maximum absolute atomic E-state index is 11.9. The molecule has 8 heteroatoms. The number of thiazole rings is 1. The Hall–Kier alpha value is -2.12. The number of nitrogens with one attached hydrogen (secondary N) is 1. The minimum atomic E-state index is -0.454. The molecule has 0 unspecified atom stereocenters. The van der Waals surface area contributed by atoms with Crippen LogP contribution in [-0.2, 0) is 22.4 Å². The molecule has 0 bridgehead atoms. The number of primary amides is 1. The van der Waals surface area contributed by atoms with E-state index in [9.17, 15) is 9.59 Å². The summed E-state index contributed by atoms with van der Waals surface area (Å²) in [7, 11) is 1.55. The topological polar surface area (TPSA) is 94.3 Å². The molecule has 1 aromatic heterocycles. The molecule has 2 aromatic rings. The van der Waals surface area contributed by atoms with Crippen molar-refractivity contribution in [2.75, 3.05) is 12.4 Å². The zero-order chi connectivity index (χ0) is 16.8. The van der Waals surface area contributed by atoms with Gasteiger partial charge in [-0.1, -0.05) is 17.7 Å². The maximum Gasteiger partial charge on any atom is 0.226 e. The molecular weight excluding hydrogens is 338 g/mol. The van der Waals surface area contributed by atoms with Crippen LogP contribution >= 0.6 is 22.9 Å². The summed E-state index contributed by atoms with van der Waals surface area (Å²) in [4.78, 5) is 26.9. The van der Waals surface area contributed by atoms with E-state index in [-0.39, 0.29) is 12.3 Å². The van der Waals surface area contributed by atoms with E-state index in [0.717, 1.165) is 5.56 Å². The maximum atomic E-state index is 11.9. The quantitative estimate of drug-likeness (QED) is 0.799. The van der Waals surface area contributed by atoms with Gasteiger partial charge in [-0.2, -0.15) is 0 Å². The number of anilines is 1. The van der Waals surface area contributed by atoms with Gasteiger partial charge in [0.15, 0.2) is 5.13 Å². The number of aromatic nitrogens is 1. The van der Waals surface area contributed by atoms with E-state index >= 15 is 0 Å². The number of hydrogen-bond donors (Lipinski definition) is 2. The van der Waals surface area contributed by atoms with Crippen molar-refractivity contribution < 1.29 is 14.3 Å². The van der Waals surface area contributed by atoms with Crippen LogP contribution in [0, 0.1) is 0 Å². The molecule has 2 rings (SSSR count). The van der Waals surface area contributed by atoms with Gasteiger partial charge in [-0.25, -0.2) is 4.98 Å². The molecule has 0 aliphatic heterocycles. The van der Waals surface area contributed by atoms with Crippen LogP contribution in [0.2, 0.25) is 5.02 Å². The van der Waals surface area contributed by atoms with Crippen LogP contribution in [0.3, 0.4) is 0 Å². The lowest BCUT2D eigenvalue weighted by atomic mass is 10.1. The van der Waals surface area contributed by atoms with Crippen LogP contribution in [-0.4, -0.2) is 23.9 Å². The van der Waals surface area contributed by atoms with Gasteiger partial charge in [-0.3, -0.25) is 9.59 Å². The Kier molecular flexibility index (Phi) is 5.95. The lowest BCUT2D eigenvalue weighted by molar-refractivity contribution is -0.117. The molecule has 1 heterocycles. The van der Waals surface area contributed by atoms with Gasteiger partial charge in [0.1, 0.15) is 5.75 Å². The number of methoxy groups -OCH3 is 1. The summed E-state index contributed by atoms with van der Waals surface area (Å²) in [5.74, 6) is -0.00823. The van der Waals surface area contributed by atoms with E-state index in [4.69, 9.17) is 22.1 Å². The first-order valence-corrected chi connectivity index (χ1v) is 8.08. The van der Waals surface area contributed by atoms with Crippen LogP contribution in [0.25, 0.3) is 0 Å². The molecule has 0 spiro atoms. The van der Waals surface area contributed by atoms with Gasteiger partial charge >= 0.3 is 0 Å². The summed E-state index contributed by atoms with van der Waals surface area (Å²) in [5, 5.41) is 5.37. The van der Waals surface area contributed by atoms with Gasteiger partial charge in [0, 0.05) is 11.8 Å². The van der Waals surface area contributed by atoms with Gasteiger partial charge in [0.25, 0.3) is 0 Å². The Morgan fingerprint density at radius 2 is 2.22 bits per heavy atom. The summed E-state index contributed by atoms with van der Waals surface area (Å²) in [6.45, 7) is 0. The SMILES string of the molecule is COc1ccc(CCC(=O)Nc2nc(CC(N)=O)cs2)cc1Cl. The Morgan fingerprint density at radius 3 is 2.87 bits per heavy atom. The number of nitrogens with zero attached hydrogens (tertiary/aromatic N) is 1. The van der Waals surface area contributed by atoms with Gasteiger partial charge in [-0.05, 0) is 24.1 Å². The molecule has 0 aliphatic rings. The average molecular weight is 354 g/mol. The van der Waals surface area contributed by atoms with Crippen LogP contribution in [0.5, 0.6) is 5.75 Å². The van der Waals surface area contributed by atoms with Crippen molar-refractivity contribution in [2.24, 2.45) is 5.73 Å². The molecule has 0 atom stereocenters. The molecule has 0 radical (unpaired) electrons. The molecule has 2 amide bonds. The third-order valence-electron chi connectivity index (χ3n) is 3.01. The summed E-state index contributed by atoms with van der Waals surface area (Å²) in [6.07, 6.45) is 0.916. The number of carbonyl (C=O) groups excluding carboxylic acids is 2. The highest BCUT2D eigenvalue weighted by molar-refractivity contribution is 7.13. The lowest BCUT2D eigenvalue weighted by Gasteiger charge is -2.06. The number of benzene rings is 1. The van der Waals surface area contributed by atoms with Crippen molar-refractivity contribution in [3.8, 4) is 5.75 Å². The zero-order valence-electron chi connectivity index (χ0n) is 12.5. The second-order valence-electron chi connectivity index (χ2n) is 4.80. The molecule has 0 saturated carbocycles. The van der Waals surface area contributed by atoms with Gasteiger partial charge < -0.3 is 15.8 Å². The average Bonchev–Trinajstić information content (AvgIpc) is 2.91. The third kappa shape index (κ3) is 5.22. The highest BCUT2D eigenvalue weighted by atomic mass is 35.5. The molecule has 122 valence electrons. The summed E-state index contributed by atoms with van der Waals surface area (Å²) < 4.78 is 5.08. The van der Waals surface area contributed by atoms with Crippen molar-refractivity contribution >= 4 is 39.9 Å². The first-order chi connectivity index (χ1) is 11.0. The molecule has 0 saturated heterocycles. The van der Waals surface area contributed by atoms with E-state index in [1.54, 1.807) is 24.6 Å². The van der Waals surface area contributed by atoms with Crippen LogP contribution in [0.1, 0.15) is 17.7 Å². The zero-order valence-corrected chi connectivity index (χ0v) is 14.0. The Labute approximate surface area is 142 Å². The Morgan fingerprint density at radius 1 is 1.43 bits per heavy atom. The van der Waals surface area contributed by atoms with Crippen molar-refractivity contribution in [1.82, 2.24) is 4.98 Å². The van der Waals surface area contributed by atoms with Crippen LogP contribution < -0.4 is 15.8 Å². The predicted octanol–water partition coefficient (Wildman–Crippen LogP) is 2.40. The van der Waals surface area contributed by atoms with Gasteiger partial charge in [0.05, 0.1) is 24.2 Å². The van der Waals surface area contributed by atoms with E-state index in [1.165, 1.54) is 11.3 Å². The molecular formula is C15H16ClN3O3S. The number of aryl methyl sites for hydroxylation is 1. The monoisotopic (exact) mass is 353 g/mol. The molecule has 6 nitrogen and oxygen atoms in total. The largest absolute Gasteiger partial charge is 0.495 e. The molecule has 0 aliphatic carbocycles. The highest BCUT2D eigenvalue weighted by Crippen LogP contribution is 2.25. The van der Waals surface area contributed by atoms with E-state index < -0.39 is 5.91 Å². The Bertz CT molecular complexity index is 718. The molecule has 23 heavy (non-hydrogen) atoms. The van der Waals surface area contributed by atoms with Crippen LogP contribution in [0.15, 0.2) is 23.6 Å². The number of hydrogen-bond acceptors (Lipinski definition) is 5. The number of carbonyl (C=O) groups is 2. The Balaban J connectivity index is 1.86. The minimum Gasteiger partial charge on any atom is -0.495 e. The summed E-state index contributed by atoms with van der Waals surface area (Å²) in [5.41, 5.74) is 6.60. The normalized spacial score (nSPS) is 10.3. The van der Waals surface area contributed by atoms with Crippen molar-refractivity contribution in [1.29, 1.82) is 0 Å². The van der Waals surface area contributed by atoms with Gasteiger partial charge in [0.2, 0.25) is 11.8 Å². The smallest absolute Gasteiger partial charge is 0.226 e.